The molecule has 1 aromatic rings. The minimum absolute atomic E-state index is 0.102. The van der Waals surface area contributed by atoms with Gasteiger partial charge in [0.05, 0.1) is 10.5 Å². The molecule has 1 unspecified atom stereocenters. The van der Waals surface area contributed by atoms with Gasteiger partial charge in [-0.2, -0.15) is 13.2 Å². The van der Waals surface area contributed by atoms with Crippen molar-refractivity contribution in [1.82, 2.24) is 0 Å². The van der Waals surface area contributed by atoms with Crippen molar-refractivity contribution in [2.75, 3.05) is 0 Å². The first-order valence-corrected chi connectivity index (χ1v) is 5.13. The van der Waals surface area contributed by atoms with E-state index in [4.69, 9.17) is 0 Å². The predicted octanol–water partition coefficient (Wildman–Crippen LogP) is 4.13. The van der Waals surface area contributed by atoms with Crippen LogP contribution in [-0.4, -0.2) is 4.92 Å². The van der Waals surface area contributed by atoms with Crippen LogP contribution in [0.2, 0.25) is 0 Å². The molecule has 1 rings (SSSR count). The van der Waals surface area contributed by atoms with Crippen molar-refractivity contribution in [3.05, 3.63) is 39.4 Å². The highest BCUT2D eigenvalue weighted by molar-refractivity contribution is 5.42. The van der Waals surface area contributed by atoms with Gasteiger partial charge in [0.25, 0.3) is 5.69 Å². The first-order valence-electron chi connectivity index (χ1n) is 5.13. The van der Waals surface area contributed by atoms with Crippen LogP contribution in [0.1, 0.15) is 37.3 Å². The first kappa shape index (κ1) is 13.5. The van der Waals surface area contributed by atoms with Gasteiger partial charge >= 0.3 is 6.18 Å². The number of nitro groups is 1. The SMILES string of the molecule is CCC(C)c1ccc([N+](=O)[O-])cc1C(F)(F)F. The van der Waals surface area contributed by atoms with Crippen LogP contribution in [0.3, 0.4) is 0 Å². The lowest BCUT2D eigenvalue weighted by Gasteiger charge is -2.16. The average Bonchev–Trinajstić information content (AvgIpc) is 2.26. The Labute approximate surface area is 96.4 Å². The van der Waals surface area contributed by atoms with Crippen molar-refractivity contribution in [3.63, 3.8) is 0 Å². The molecule has 1 atom stereocenters. The van der Waals surface area contributed by atoms with Crippen LogP contribution in [0.5, 0.6) is 0 Å². The Bertz CT molecular complexity index is 429. The molecule has 0 saturated heterocycles. The molecule has 0 radical (unpaired) electrons. The van der Waals surface area contributed by atoms with Gasteiger partial charge < -0.3 is 0 Å². The fourth-order valence-corrected chi connectivity index (χ4v) is 1.55. The third-order valence-corrected chi connectivity index (χ3v) is 2.70. The van der Waals surface area contributed by atoms with Gasteiger partial charge in [0.1, 0.15) is 0 Å². The summed E-state index contributed by atoms with van der Waals surface area (Å²) in [6, 6.07) is 2.90. The average molecular weight is 247 g/mol. The monoisotopic (exact) mass is 247 g/mol. The van der Waals surface area contributed by atoms with Gasteiger partial charge in [-0.25, -0.2) is 0 Å². The zero-order valence-electron chi connectivity index (χ0n) is 9.41. The van der Waals surface area contributed by atoms with Gasteiger partial charge in [0.15, 0.2) is 0 Å². The van der Waals surface area contributed by atoms with Gasteiger partial charge in [-0.3, -0.25) is 10.1 Å². The van der Waals surface area contributed by atoms with E-state index in [0.717, 1.165) is 6.07 Å². The Morgan fingerprint density at radius 1 is 1.41 bits per heavy atom. The third-order valence-electron chi connectivity index (χ3n) is 2.70. The Morgan fingerprint density at radius 2 is 2.00 bits per heavy atom. The van der Waals surface area contributed by atoms with Crippen molar-refractivity contribution in [1.29, 1.82) is 0 Å². The molecule has 0 aromatic heterocycles. The predicted molar refractivity (Wildman–Crippen MR) is 56.8 cm³/mol. The molecule has 0 fully saturated rings. The highest BCUT2D eigenvalue weighted by Gasteiger charge is 2.35. The Balaban J connectivity index is 3.37. The number of alkyl halides is 3. The molecule has 0 spiro atoms. The fourth-order valence-electron chi connectivity index (χ4n) is 1.55. The van der Waals surface area contributed by atoms with E-state index in [9.17, 15) is 23.3 Å². The quantitative estimate of drug-likeness (QED) is 0.595. The third kappa shape index (κ3) is 2.95. The van der Waals surface area contributed by atoms with Crippen molar-refractivity contribution in [2.45, 2.75) is 32.4 Å². The number of nitro benzene ring substituents is 1. The summed E-state index contributed by atoms with van der Waals surface area (Å²) in [6.45, 7) is 3.43. The summed E-state index contributed by atoms with van der Waals surface area (Å²) in [5.74, 6) is -0.285. The van der Waals surface area contributed by atoms with Gasteiger partial charge in [0, 0.05) is 12.1 Å². The van der Waals surface area contributed by atoms with Crippen LogP contribution in [0.15, 0.2) is 18.2 Å². The van der Waals surface area contributed by atoms with E-state index < -0.39 is 22.4 Å². The number of benzene rings is 1. The van der Waals surface area contributed by atoms with Crippen LogP contribution in [0, 0.1) is 10.1 Å². The van der Waals surface area contributed by atoms with E-state index >= 15 is 0 Å². The van der Waals surface area contributed by atoms with E-state index in [1.165, 1.54) is 6.07 Å². The smallest absolute Gasteiger partial charge is 0.258 e. The zero-order chi connectivity index (χ0) is 13.2. The van der Waals surface area contributed by atoms with E-state index in [0.29, 0.717) is 12.5 Å². The van der Waals surface area contributed by atoms with Gasteiger partial charge in [-0.05, 0) is 17.9 Å². The molecular formula is C11H12F3NO2. The zero-order valence-corrected chi connectivity index (χ0v) is 9.41. The van der Waals surface area contributed by atoms with Gasteiger partial charge in [0.2, 0.25) is 0 Å². The minimum atomic E-state index is -4.56. The molecule has 94 valence electrons. The Morgan fingerprint density at radius 3 is 2.41 bits per heavy atom. The lowest BCUT2D eigenvalue weighted by Crippen LogP contribution is -2.11. The fraction of sp³-hybridized carbons (Fsp3) is 0.455. The van der Waals surface area contributed by atoms with E-state index in [1.807, 2.05) is 0 Å². The molecule has 0 aliphatic carbocycles. The minimum Gasteiger partial charge on any atom is -0.258 e. The summed E-state index contributed by atoms with van der Waals surface area (Å²) in [6.07, 6.45) is -4.02. The second-order valence-corrected chi connectivity index (χ2v) is 3.84. The number of halogens is 3. The van der Waals surface area contributed by atoms with Crippen LogP contribution < -0.4 is 0 Å². The molecule has 0 amide bonds. The Kier molecular flexibility index (Phi) is 3.75. The summed E-state index contributed by atoms with van der Waals surface area (Å²) in [5.41, 5.74) is -1.35. The number of nitrogens with zero attached hydrogens (tertiary/aromatic N) is 1. The van der Waals surface area contributed by atoms with Crippen molar-refractivity contribution >= 4 is 5.69 Å². The first-order chi connectivity index (χ1) is 7.77. The topological polar surface area (TPSA) is 43.1 Å². The van der Waals surface area contributed by atoms with Crippen molar-refractivity contribution < 1.29 is 18.1 Å². The second-order valence-electron chi connectivity index (χ2n) is 3.84. The summed E-state index contributed by atoms with van der Waals surface area (Å²) in [4.78, 5) is 9.65. The summed E-state index contributed by atoms with van der Waals surface area (Å²) < 4.78 is 38.3. The molecule has 0 heterocycles. The highest BCUT2D eigenvalue weighted by atomic mass is 19.4. The van der Waals surface area contributed by atoms with Crippen molar-refractivity contribution in [2.24, 2.45) is 0 Å². The summed E-state index contributed by atoms with van der Waals surface area (Å²) in [5, 5.41) is 10.5. The van der Waals surface area contributed by atoms with E-state index in [2.05, 4.69) is 0 Å². The number of rotatable bonds is 3. The molecule has 0 N–H and O–H groups in total. The van der Waals surface area contributed by atoms with Crippen LogP contribution in [-0.2, 0) is 6.18 Å². The molecule has 6 heteroatoms. The van der Waals surface area contributed by atoms with E-state index in [1.54, 1.807) is 13.8 Å². The molecule has 0 aliphatic heterocycles. The van der Waals surface area contributed by atoms with Crippen molar-refractivity contribution in [3.8, 4) is 0 Å². The number of non-ortho nitro benzene ring substituents is 1. The second kappa shape index (κ2) is 4.73. The van der Waals surface area contributed by atoms with Crippen LogP contribution in [0.4, 0.5) is 18.9 Å². The number of hydrogen-bond acceptors (Lipinski definition) is 2. The lowest BCUT2D eigenvalue weighted by molar-refractivity contribution is -0.385. The molecule has 1 aromatic carbocycles. The molecule has 3 nitrogen and oxygen atoms in total. The summed E-state index contributed by atoms with van der Waals surface area (Å²) >= 11 is 0. The summed E-state index contributed by atoms with van der Waals surface area (Å²) in [7, 11) is 0. The van der Waals surface area contributed by atoms with E-state index in [-0.39, 0.29) is 11.5 Å². The Hall–Kier alpha value is -1.59. The maximum Gasteiger partial charge on any atom is 0.416 e. The molecule has 0 aliphatic rings. The van der Waals surface area contributed by atoms with Crippen LogP contribution in [0.25, 0.3) is 0 Å². The largest absolute Gasteiger partial charge is 0.416 e. The maximum absolute atomic E-state index is 12.8. The van der Waals surface area contributed by atoms with Gasteiger partial charge in [-0.15, -0.1) is 0 Å². The highest BCUT2D eigenvalue weighted by Crippen LogP contribution is 2.37. The molecule has 0 saturated carbocycles. The van der Waals surface area contributed by atoms with Gasteiger partial charge in [-0.1, -0.05) is 19.9 Å². The number of hydrogen-bond donors (Lipinski definition) is 0. The van der Waals surface area contributed by atoms with Crippen LogP contribution >= 0.6 is 0 Å². The maximum atomic E-state index is 12.8. The lowest BCUT2D eigenvalue weighted by atomic mass is 9.93. The molecular weight excluding hydrogens is 235 g/mol. The normalized spacial score (nSPS) is 13.5. The molecule has 17 heavy (non-hydrogen) atoms. The standard InChI is InChI=1S/C11H12F3NO2/c1-3-7(2)9-5-4-8(15(16)17)6-10(9)11(12,13)14/h4-7H,3H2,1-2H3. The molecule has 0 bridgehead atoms.